The Bertz CT molecular complexity index is 494. The highest BCUT2D eigenvalue weighted by Crippen LogP contribution is 2.69. The zero-order valence-electron chi connectivity index (χ0n) is 13.3. The molecule has 0 radical (unpaired) electrons. The predicted octanol–water partition coefficient (Wildman–Crippen LogP) is 5.98. The van der Waals surface area contributed by atoms with Crippen LogP contribution in [0.5, 0.6) is 5.75 Å². The first-order valence-electron chi connectivity index (χ1n) is 7.74. The molecule has 0 amide bonds. The van der Waals surface area contributed by atoms with E-state index in [1.165, 1.54) is 42.0 Å². The summed E-state index contributed by atoms with van der Waals surface area (Å²) in [4.78, 5) is 10.6. The standard InChI is InChI=1S/C16H25O3PS2/c1-3-5-6-7-13-22-20(18,21-4-2)19-16-10-8-9-15(14-16)11-12-17/h8-10,12,14H,3-7,11,13H2,1-2H3. The third-order valence-electron chi connectivity index (χ3n) is 2.97. The summed E-state index contributed by atoms with van der Waals surface area (Å²) in [6.07, 6.45) is 5.89. The first-order valence-corrected chi connectivity index (χ1v) is 12.6. The molecule has 0 aliphatic carbocycles. The maximum absolute atomic E-state index is 12.9. The van der Waals surface area contributed by atoms with Crippen LogP contribution in [0.4, 0.5) is 0 Å². The van der Waals surface area contributed by atoms with Crippen molar-refractivity contribution in [2.75, 3.05) is 11.5 Å². The van der Waals surface area contributed by atoms with Crippen molar-refractivity contribution in [3.8, 4) is 5.75 Å². The van der Waals surface area contributed by atoms with E-state index in [1.54, 1.807) is 12.1 Å². The van der Waals surface area contributed by atoms with Gasteiger partial charge in [0.05, 0.1) is 0 Å². The van der Waals surface area contributed by atoms with Crippen LogP contribution in [0.25, 0.3) is 0 Å². The fraction of sp³-hybridized carbons (Fsp3) is 0.562. The molecule has 0 heterocycles. The van der Waals surface area contributed by atoms with Crippen LogP contribution in [0, 0.1) is 0 Å². The molecule has 0 fully saturated rings. The van der Waals surface area contributed by atoms with Gasteiger partial charge in [-0.3, -0.25) is 4.57 Å². The molecule has 124 valence electrons. The highest BCUT2D eigenvalue weighted by atomic mass is 33.1. The highest BCUT2D eigenvalue weighted by Gasteiger charge is 2.25. The fourth-order valence-corrected chi connectivity index (χ4v) is 8.69. The van der Waals surface area contributed by atoms with Crippen LogP contribution in [-0.2, 0) is 15.8 Å². The van der Waals surface area contributed by atoms with Crippen molar-refractivity contribution in [1.82, 2.24) is 0 Å². The van der Waals surface area contributed by atoms with Crippen molar-refractivity contribution in [2.24, 2.45) is 0 Å². The Morgan fingerprint density at radius 1 is 1.18 bits per heavy atom. The van der Waals surface area contributed by atoms with E-state index in [0.717, 1.165) is 29.8 Å². The summed E-state index contributed by atoms with van der Waals surface area (Å²) in [6.45, 7) is 4.17. The minimum absolute atomic E-state index is 0.354. The normalized spacial score (nSPS) is 13.5. The van der Waals surface area contributed by atoms with Gasteiger partial charge in [0.1, 0.15) is 12.0 Å². The molecule has 22 heavy (non-hydrogen) atoms. The lowest BCUT2D eigenvalue weighted by atomic mass is 10.2. The average molecular weight is 360 g/mol. The summed E-state index contributed by atoms with van der Waals surface area (Å²) in [7, 11) is 0. The van der Waals surface area contributed by atoms with Crippen LogP contribution in [0.3, 0.4) is 0 Å². The molecular formula is C16H25O3PS2. The Labute approximate surface area is 141 Å². The van der Waals surface area contributed by atoms with Gasteiger partial charge < -0.3 is 9.32 Å². The zero-order chi connectivity index (χ0) is 16.3. The lowest BCUT2D eigenvalue weighted by Gasteiger charge is -2.17. The second-order valence-electron chi connectivity index (χ2n) is 4.87. The minimum Gasteiger partial charge on any atom is -0.429 e. The quantitative estimate of drug-likeness (QED) is 0.260. The lowest BCUT2D eigenvalue weighted by Crippen LogP contribution is -1.92. The van der Waals surface area contributed by atoms with Gasteiger partial charge >= 0.3 is 5.77 Å². The maximum Gasteiger partial charge on any atom is 0.359 e. The van der Waals surface area contributed by atoms with E-state index in [4.69, 9.17) is 4.52 Å². The van der Waals surface area contributed by atoms with Crippen molar-refractivity contribution < 1.29 is 13.9 Å². The molecule has 0 spiro atoms. The summed E-state index contributed by atoms with van der Waals surface area (Å²) in [5.74, 6) is -0.579. The molecule has 1 unspecified atom stereocenters. The monoisotopic (exact) mass is 360 g/mol. The number of unbranched alkanes of at least 4 members (excludes halogenated alkanes) is 3. The lowest BCUT2D eigenvalue weighted by molar-refractivity contribution is -0.107. The molecule has 6 heteroatoms. The smallest absolute Gasteiger partial charge is 0.359 e. The molecule has 3 nitrogen and oxygen atoms in total. The molecule has 0 aliphatic heterocycles. The Morgan fingerprint density at radius 3 is 2.68 bits per heavy atom. The number of carbonyl (C=O) groups excluding carboxylic acids is 1. The molecular weight excluding hydrogens is 335 g/mol. The molecule has 0 aromatic heterocycles. The Kier molecular flexibility index (Phi) is 10.0. The average Bonchev–Trinajstić information content (AvgIpc) is 2.48. The van der Waals surface area contributed by atoms with Crippen molar-refractivity contribution >= 4 is 34.8 Å². The van der Waals surface area contributed by atoms with E-state index >= 15 is 0 Å². The van der Waals surface area contributed by atoms with E-state index in [2.05, 4.69) is 6.92 Å². The van der Waals surface area contributed by atoms with Gasteiger partial charge in [-0.15, -0.1) is 0 Å². The van der Waals surface area contributed by atoms with Crippen LogP contribution in [0.1, 0.15) is 45.1 Å². The van der Waals surface area contributed by atoms with Gasteiger partial charge in [0.25, 0.3) is 0 Å². The number of hydrogen-bond acceptors (Lipinski definition) is 5. The molecule has 0 saturated carbocycles. The Balaban J connectivity index is 2.63. The molecule has 1 aromatic rings. The van der Waals surface area contributed by atoms with E-state index in [1.807, 2.05) is 19.1 Å². The number of rotatable bonds is 12. The highest BCUT2D eigenvalue weighted by molar-refractivity contribution is 8.89. The molecule has 1 atom stereocenters. The van der Waals surface area contributed by atoms with Gasteiger partial charge in [0, 0.05) is 17.9 Å². The van der Waals surface area contributed by atoms with E-state index in [9.17, 15) is 9.36 Å². The molecule has 0 N–H and O–H groups in total. The van der Waals surface area contributed by atoms with Gasteiger partial charge in [-0.2, -0.15) is 0 Å². The van der Waals surface area contributed by atoms with Gasteiger partial charge in [0.2, 0.25) is 0 Å². The van der Waals surface area contributed by atoms with Crippen molar-refractivity contribution in [1.29, 1.82) is 0 Å². The Hall–Kier alpha value is -0.380. The molecule has 0 aliphatic rings. The summed E-state index contributed by atoms with van der Waals surface area (Å²) >= 11 is 2.82. The summed E-state index contributed by atoms with van der Waals surface area (Å²) in [5.41, 5.74) is 0.883. The summed E-state index contributed by atoms with van der Waals surface area (Å²) in [6, 6.07) is 7.31. The largest absolute Gasteiger partial charge is 0.429 e. The van der Waals surface area contributed by atoms with E-state index in [-0.39, 0.29) is 0 Å². The first kappa shape index (κ1) is 19.7. The minimum atomic E-state index is -2.78. The van der Waals surface area contributed by atoms with Crippen LogP contribution >= 0.6 is 28.5 Å². The molecule has 1 rings (SSSR count). The molecule has 0 bridgehead atoms. The van der Waals surface area contributed by atoms with Gasteiger partial charge in [-0.25, -0.2) is 0 Å². The van der Waals surface area contributed by atoms with Gasteiger partial charge in [-0.05, 0) is 46.9 Å². The summed E-state index contributed by atoms with van der Waals surface area (Å²) in [5, 5.41) is 0. The van der Waals surface area contributed by atoms with Crippen molar-refractivity contribution in [2.45, 2.75) is 46.0 Å². The van der Waals surface area contributed by atoms with E-state index < -0.39 is 5.77 Å². The van der Waals surface area contributed by atoms with E-state index in [0.29, 0.717) is 12.2 Å². The molecule has 0 saturated heterocycles. The van der Waals surface area contributed by atoms with Crippen LogP contribution < -0.4 is 4.52 Å². The second kappa shape index (κ2) is 11.2. The first-order chi connectivity index (χ1) is 10.6. The predicted molar refractivity (Wildman–Crippen MR) is 99.2 cm³/mol. The topological polar surface area (TPSA) is 43.4 Å². The summed E-state index contributed by atoms with van der Waals surface area (Å²) < 4.78 is 18.7. The SMILES string of the molecule is CCCCCCSP(=O)(Oc1cccc(CC=O)c1)SCC. The number of benzene rings is 1. The third kappa shape index (κ3) is 7.75. The van der Waals surface area contributed by atoms with Crippen molar-refractivity contribution in [3.05, 3.63) is 29.8 Å². The number of aldehydes is 1. The fourth-order valence-electron chi connectivity index (χ4n) is 1.91. The van der Waals surface area contributed by atoms with Crippen LogP contribution in [0.15, 0.2) is 24.3 Å². The van der Waals surface area contributed by atoms with Gasteiger partial charge in [0.15, 0.2) is 0 Å². The Morgan fingerprint density at radius 2 is 2.00 bits per heavy atom. The third-order valence-corrected chi connectivity index (χ3v) is 10.3. The number of hydrogen-bond donors (Lipinski definition) is 0. The van der Waals surface area contributed by atoms with Gasteiger partial charge in [-0.1, -0.05) is 45.2 Å². The van der Waals surface area contributed by atoms with Crippen LogP contribution in [-0.4, -0.2) is 17.8 Å². The van der Waals surface area contributed by atoms with Crippen LogP contribution in [0.2, 0.25) is 0 Å². The second-order valence-corrected chi connectivity index (χ2v) is 12.6. The molecule has 1 aromatic carbocycles. The van der Waals surface area contributed by atoms with Crippen molar-refractivity contribution in [3.63, 3.8) is 0 Å². The number of carbonyl (C=O) groups is 1. The maximum atomic E-state index is 12.9. The zero-order valence-corrected chi connectivity index (χ0v) is 15.9.